The summed E-state index contributed by atoms with van der Waals surface area (Å²) in [4.78, 5) is 15.1. The topological polar surface area (TPSA) is 133 Å². The first-order chi connectivity index (χ1) is 19.9. The molecule has 5 aromatic rings. The van der Waals surface area contributed by atoms with Crippen LogP contribution < -0.4 is 14.2 Å². The van der Waals surface area contributed by atoms with Crippen molar-refractivity contribution in [1.29, 1.82) is 5.26 Å². The Balaban J connectivity index is 1.54. The van der Waals surface area contributed by atoms with Crippen molar-refractivity contribution in [1.82, 2.24) is 0 Å². The van der Waals surface area contributed by atoms with Crippen LogP contribution in [0.3, 0.4) is 0 Å². The van der Waals surface area contributed by atoms with Gasteiger partial charge in [-0.1, -0.05) is 12.1 Å². The van der Waals surface area contributed by atoms with Crippen molar-refractivity contribution < 1.29 is 28.0 Å². The first-order valence-corrected chi connectivity index (χ1v) is 12.3. The van der Waals surface area contributed by atoms with Crippen molar-refractivity contribution in [3.63, 3.8) is 0 Å². The summed E-state index contributed by atoms with van der Waals surface area (Å²) in [5.41, 5.74) is 2.77. The Hall–Kier alpha value is -5.82. The minimum absolute atomic E-state index is 0.0962. The lowest BCUT2D eigenvalue weighted by Gasteiger charge is -2.06. The van der Waals surface area contributed by atoms with Gasteiger partial charge in [0, 0.05) is 17.2 Å². The van der Waals surface area contributed by atoms with E-state index in [1.807, 2.05) is 36.4 Å². The van der Waals surface area contributed by atoms with Gasteiger partial charge in [-0.05, 0) is 60.2 Å². The van der Waals surface area contributed by atoms with E-state index in [1.165, 1.54) is 25.5 Å². The van der Waals surface area contributed by atoms with Crippen LogP contribution >= 0.6 is 0 Å². The number of furan rings is 2. The van der Waals surface area contributed by atoms with Gasteiger partial charge in [-0.25, -0.2) is 4.99 Å². The number of hydrogen-bond acceptors (Lipinski definition) is 9. The maximum atomic E-state index is 11.1. The molecule has 10 nitrogen and oxygen atoms in total. The van der Waals surface area contributed by atoms with E-state index in [4.69, 9.17) is 23.0 Å². The lowest BCUT2D eigenvalue weighted by molar-refractivity contribution is -0.384. The van der Waals surface area contributed by atoms with E-state index >= 15 is 0 Å². The van der Waals surface area contributed by atoms with Crippen molar-refractivity contribution in [2.75, 3.05) is 21.3 Å². The van der Waals surface area contributed by atoms with Crippen molar-refractivity contribution >= 4 is 17.8 Å². The maximum absolute atomic E-state index is 11.1. The Bertz CT molecular complexity index is 1780. The van der Waals surface area contributed by atoms with E-state index in [0.717, 1.165) is 11.1 Å². The number of nitro groups is 1. The predicted octanol–water partition coefficient (Wildman–Crippen LogP) is 7.43. The number of nitrogens with zero attached hydrogens (tertiary/aromatic N) is 3. The van der Waals surface area contributed by atoms with Crippen LogP contribution in [0.2, 0.25) is 0 Å². The zero-order valence-corrected chi connectivity index (χ0v) is 22.3. The number of aliphatic imine (C=N–C) groups is 1. The summed E-state index contributed by atoms with van der Waals surface area (Å²) in [6.45, 7) is 0. The molecular weight excluding hydrogens is 526 g/mol. The first kappa shape index (κ1) is 26.8. The summed E-state index contributed by atoms with van der Waals surface area (Å²) < 4.78 is 28.0. The van der Waals surface area contributed by atoms with Crippen LogP contribution in [0.1, 0.15) is 11.3 Å². The molecule has 0 saturated heterocycles. The number of benzene rings is 3. The second kappa shape index (κ2) is 11.5. The lowest BCUT2D eigenvalue weighted by atomic mass is 9.98. The molecule has 10 heteroatoms. The minimum atomic E-state index is -0.497. The van der Waals surface area contributed by atoms with Gasteiger partial charge in [0.25, 0.3) is 5.69 Å². The minimum Gasteiger partial charge on any atom is -0.497 e. The van der Waals surface area contributed by atoms with Crippen molar-refractivity contribution in [3.05, 3.63) is 100 Å². The highest BCUT2D eigenvalue weighted by molar-refractivity contribution is 5.89. The van der Waals surface area contributed by atoms with Gasteiger partial charge >= 0.3 is 0 Å². The number of nitriles is 1. The second-order valence-electron chi connectivity index (χ2n) is 8.66. The summed E-state index contributed by atoms with van der Waals surface area (Å²) in [7, 11) is 4.60. The van der Waals surface area contributed by atoms with Crippen LogP contribution in [0.25, 0.3) is 33.8 Å². The van der Waals surface area contributed by atoms with E-state index < -0.39 is 4.92 Å². The van der Waals surface area contributed by atoms with Gasteiger partial charge in [0.05, 0.1) is 44.1 Å². The number of rotatable bonds is 9. The second-order valence-corrected chi connectivity index (χ2v) is 8.66. The Morgan fingerprint density at radius 3 is 2.10 bits per heavy atom. The van der Waals surface area contributed by atoms with E-state index in [-0.39, 0.29) is 17.1 Å². The molecule has 0 atom stereocenters. The largest absolute Gasteiger partial charge is 0.497 e. The van der Waals surface area contributed by atoms with Gasteiger partial charge in [-0.3, -0.25) is 10.1 Å². The van der Waals surface area contributed by atoms with Gasteiger partial charge in [-0.15, -0.1) is 0 Å². The van der Waals surface area contributed by atoms with Crippen molar-refractivity contribution in [2.45, 2.75) is 0 Å². The van der Waals surface area contributed by atoms with Crippen molar-refractivity contribution in [3.8, 4) is 57.1 Å². The number of non-ortho nitro benzene ring substituents is 1. The van der Waals surface area contributed by atoms with Crippen LogP contribution in [-0.4, -0.2) is 32.5 Å². The average molecular weight is 550 g/mol. The van der Waals surface area contributed by atoms with Crippen molar-refractivity contribution in [2.24, 2.45) is 4.99 Å². The molecule has 2 aromatic heterocycles. The van der Waals surface area contributed by atoms with Gasteiger partial charge in [0.2, 0.25) is 5.88 Å². The SMILES string of the molecule is COc1ccc(-c2oc(N=Cc3ccc(-c4ccc([N+](=O)[O-])cc4OC)o3)c(C#N)c2-c2ccc(OC)cc2)cc1. The summed E-state index contributed by atoms with van der Waals surface area (Å²) in [5, 5.41) is 21.3. The molecule has 0 saturated carbocycles. The molecule has 0 spiro atoms. The molecule has 0 aliphatic carbocycles. The Morgan fingerprint density at radius 1 is 0.854 bits per heavy atom. The zero-order chi connectivity index (χ0) is 28.9. The number of methoxy groups -OCH3 is 3. The molecule has 0 aliphatic heterocycles. The van der Waals surface area contributed by atoms with Gasteiger partial charge in [-0.2, -0.15) is 5.26 Å². The first-order valence-electron chi connectivity index (χ1n) is 12.3. The third-order valence-electron chi connectivity index (χ3n) is 6.33. The molecule has 3 aromatic carbocycles. The van der Waals surface area contributed by atoms with E-state index in [2.05, 4.69) is 11.1 Å². The molecule has 0 unspecified atom stereocenters. The van der Waals surface area contributed by atoms with Crippen LogP contribution in [0.4, 0.5) is 11.6 Å². The smallest absolute Gasteiger partial charge is 0.273 e. The fourth-order valence-electron chi connectivity index (χ4n) is 4.28. The summed E-state index contributed by atoms with van der Waals surface area (Å²) in [5.74, 6) is 3.03. The summed E-state index contributed by atoms with van der Waals surface area (Å²) >= 11 is 0. The molecule has 0 bridgehead atoms. The number of nitro benzene ring substituents is 1. The normalized spacial score (nSPS) is 10.9. The highest BCUT2D eigenvalue weighted by atomic mass is 16.6. The Kier molecular flexibility index (Phi) is 7.52. The fraction of sp³-hybridized carbons (Fsp3) is 0.0968. The van der Waals surface area contributed by atoms with Crippen LogP contribution in [0.5, 0.6) is 17.2 Å². The lowest BCUT2D eigenvalue weighted by Crippen LogP contribution is -1.92. The zero-order valence-electron chi connectivity index (χ0n) is 22.3. The quantitative estimate of drug-likeness (QED) is 0.105. The molecule has 0 amide bonds. The van der Waals surface area contributed by atoms with Crippen LogP contribution in [0.15, 0.2) is 92.7 Å². The van der Waals surface area contributed by atoms with E-state index in [9.17, 15) is 15.4 Å². The molecule has 0 radical (unpaired) electrons. The molecule has 204 valence electrons. The van der Waals surface area contributed by atoms with Crippen LogP contribution in [0, 0.1) is 21.4 Å². The fourth-order valence-corrected chi connectivity index (χ4v) is 4.28. The van der Waals surface area contributed by atoms with Crippen LogP contribution in [-0.2, 0) is 0 Å². The monoisotopic (exact) mass is 549 g/mol. The average Bonchev–Trinajstić information content (AvgIpc) is 3.64. The molecule has 0 N–H and O–H groups in total. The summed E-state index contributed by atoms with van der Waals surface area (Å²) in [6.07, 6.45) is 1.44. The molecular formula is C31H23N3O7. The number of ether oxygens (including phenoxy) is 3. The van der Waals surface area contributed by atoms with Gasteiger partial charge < -0.3 is 23.0 Å². The third kappa shape index (κ3) is 5.37. The van der Waals surface area contributed by atoms with Gasteiger partial charge in [0.1, 0.15) is 46.2 Å². The molecule has 0 fully saturated rings. The van der Waals surface area contributed by atoms with E-state index in [1.54, 1.807) is 44.6 Å². The standard InChI is InChI=1S/C31H23N3O7/c1-37-22-9-4-19(5-10-22)29-26(17-32)31(41-30(29)20-6-11-23(38-2)12-7-20)33-18-24-13-15-27(40-24)25-14-8-21(34(35)36)16-28(25)39-3/h4-16,18H,1-3H3. The Labute approximate surface area is 234 Å². The number of hydrogen-bond donors (Lipinski definition) is 0. The van der Waals surface area contributed by atoms with E-state index in [0.29, 0.717) is 45.7 Å². The maximum Gasteiger partial charge on any atom is 0.273 e. The van der Waals surface area contributed by atoms with Gasteiger partial charge in [0.15, 0.2) is 0 Å². The molecule has 0 aliphatic rings. The molecule has 2 heterocycles. The summed E-state index contributed by atoms with van der Waals surface area (Å²) in [6, 6.07) is 24.5. The molecule has 41 heavy (non-hydrogen) atoms. The molecule has 5 rings (SSSR count). The third-order valence-corrected chi connectivity index (χ3v) is 6.33. The Morgan fingerprint density at radius 2 is 1.51 bits per heavy atom. The highest BCUT2D eigenvalue weighted by Crippen LogP contribution is 2.43. The predicted molar refractivity (Wildman–Crippen MR) is 152 cm³/mol. The highest BCUT2D eigenvalue weighted by Gasteiger charge is 2.23.